The van der Waals surface area contributed by atoms with Gasteiger partial charge in [-0.1, -0.05) is 6.92 Å². The Morgan fingerprint density at radius 1 is 1.70 bits per heavy atom. The average molecular weight is 141 g/mol. The summed E-state index contributed by atoms with van der Waals surface area (Å²) in [5, 5.41) is 15.8. The summed E-state index contributed by atoms with van der Waals surface area (Å²) in [4.78, 5) is 10.6. The van der Waals surface area contributed by atoms with Crippen molar-refractivity contribution in [1.82, 2.24) is 0 Å². The van der Waals surface area contributed by atoms with E-state index in [-0.39, 0.29) is 17.1 Å². The lowest BCUT2D eigenvalue weighted by Gasteiger charge is -1.97. The van der Waals surface area contributed by atoms with Crippen LogP contribution in [0.3, 0.4) is 0 Å². The summed E-state index contributed by atoms with van der Waals surface area (Å²) in [6.45, 7) is 3.05. The number of aliphatic hydroxyl groups excluding tert-OH is 1. The molecule has 10 heavy (non-hydrogen) atoms. The van der Waals surface area contributed by atoms with Gasteiger partial charge in [0.2, 0.25) is 0 Å². The monoisotopic (exact) mass is 141 g/mol. The molecule has 0 aromatic rings. The summed E-state index contributed by atoms with van der Waals surface area (Å²) in [7, 11) is 0. The van der Waals surface area contributed by atoms with Crippen molar-refractivity contribution in [3.05, 3.63) is 11.3 Å². The van der Waals surface area contributed by atoms with Gasteiger partial charge >= 0.3 is 0 Å². The van der Waals surface area contributed by atoms with Gasteiger partial charge in [-0.2, -0.15) is 0 Å². The Hall–Kier alpha value is -1.12. The maximum Gasteiger partial charge on any atom is 0.164 e. The lowest BCUT2D eigenvalue weighted by Crippen LogP contribution is -2.01. The molecule has 0 aliphatic carbocycles. The van der Waals surface area contributed by atoms with E-state index in [1.54, 1.807) is 6.92 Å². The van der Waals surface area contributed by atoms with E-state index in [0.29, 0.717) is 6.42 Å². The first kappa shape index (κ1) is 8.88. The van der Waals surface area contributed by atoms with Crippen LogP contribution in [0.5, 0.6) is 0 Å². The Balaban J connectivity index is 4.62. The molecule has 0 aliphatic rings. The van der Waals surface area contributed by atoms with Gasteiger partial charge in [-0.3, -0.25) is 4.79 Å². The van der Waals surface area contributed by atoms with Crippen LogP contribution in [-0.2, 0) is 4.79 Å². The van der Waals surface area contributed by atoms with Crippen molar-refractivity contribution in [3.63, 3.8) is 0 Å². The van der Waals surface area contributed by atoms with Crippen molar-refractivity contribution in [1.29, 1.82) is 5.41 Å². The normalized spacial score (nSPS) is 12.2. The van der Waals surface area contributed by atoms with Crippen molar-refractivity contribution in [2.75, 3.05) is 0 Å². The zero-order valence-electron chi connectivity index (χ0n) is 6.14. The first-order valence-electron chi connectivity index (χ1n) is 3.07. The van der Waals surface area contributed by atoms with Crippen molar-refractivity contribution in [2.45, 2.75) is 20.3 Å². The standard InChI is InChI=1S/C7H11NO2/c1-3-7(10)6(4-8)5(2)9/h4,8,10H,3H2,1-2H3/b7-6-,8-4?. The highest BCUT2D eigenvalue weighted by molar-refractivity contribution is 6.11. The molecule has 0 rings (SSSR count). The van der Waals surface area contributed by atoms with Crippen LogP contribution in [0.2, 0.25) is 0 Å². The van der Waals surface area contributed by atoms with E-state index < -0.39 is 0 Å². The second kappa shape index (κ2) is 3.82. The molecule has 0 heterocycles. The zero-order chi connectivity index (χ0) is 8.15. The first-order valence-corrected chi connectivity index (χ1v) is 3.07. The number of Topliss-reactive ketones (excluding diaryl/α,β-unsaturated/α-hetero) is 1. The second-order valence-electron chi connectivity index (χ2n) is 1.91. The smallest absolute Gasteiger partial charge is 0.164 e. The summed E-state index contributed by atoms with van der Waals surface area (Å²) in [5.41, 5.74) is 0.0995. The lowest BCUT2D eigenvalue weighted by molar-refractivity contribution is -0.113. The number of allylic oxidation sites excluding steroid dienone is 2. The van der Waals surface area contributed by atoms with Crippen LogP contribution in [0.4, 0.5) is 0 Å². The van der Waals surface area contributed by atoms with Crippen LogP contribution in [0, 0.1) is 5.41 Å². The summed E-state index contributed by atoms with van der Waals surface area (Å²) >= 11 is 0. The van der Waals surface area contributed by atoms with Crippen molar-refractivity contribution >= 4 is 12.0 Å². The number of hydrogen-bond acceptors (Lipinski definition) is 3. The fourth-order valence-corrected chi connectivity index (χ4v) is 0.579. The van der Waals surface area contributed by atoms with E-state index in [0.717, 1.165) is 6.21 Å². The van der Waals surface area contributed by atoms with Gasteiger partial charge in [0.25, 0.3) is 0 Å². The predicted octanol–water partition coefficient (Wildman–Crippen LogP) is 1.45. The fraction of sp³-hybridized carbons (Fsp3) is 0.429. The third kappa shape index (κ3) is 2.01. The SMILES string of the molecule is CC/C(O)=C(\C=N)C(C)=O. The topological polar surface area (TPSA) is 61.1 Å². The molecule has 0 atom stereocenters. The minimum absolute atomic E-state index is 0.0116. The Morgan fingerprint density at radius 3 is 2.30 bits per heavy atom. The Kier molecular flexibility index (Phi) is 3.39. The van der Waals surface area contributed by atoms with E-state index in [1.807, 2.05) is 0 Å². The molecule has 0 aromatic carbocycles. The van der Waals surface area contributed by atoms with Crippen LogP contribution in [0.25, 0.3) is 0 Å². The molecule has 0 spiro atoms. The molecular formula is C7H11NO2. The zero-order valence-corrected chi connectivity index (χ0v) is 6.14. The van der Waals surface area contributed by atoms with Gasteiger partial charge in [0.1, 0.15) is 5.76 Å². The molecule has 0 bridgehead atoms. The van der Waals surface area contributed by atoms with Gasteiger partial charge in [-0.25, -0.2) is 0 Å². The second-order valence-corrected chi connectivity index (χ2v) is 1.91. The molecule has 0 fully saturated rings. The number of rotatable bonds is 3. The van der Waals surface area contributed by atoms with E-state index >= 15 is 0 Å². The largest absolute Gasteiger partial charge is 0.512 e. The van der Waals surface area contributed by atoms with Crippen molar-refractivity contribution < 1.29 is 9.90 Å². The molecule has 0 aliphatic heterocycles. The molecule has 0 unspecified atom stereocenters. The summed E-state index contributed by atoms with van der Waals surface area (Å²) in [6, 6.07) is 0. The van der Waals surface area contributed by atoms with Crippen LogP contribution in [-0.4, -0.2) is 17.1 Å². The maximum atomic E-state index is 10.6. The van der Waals surface area contributed by atoms with Crippen molar-refractivity contribution in [3.8, 4) is 0 Å². The summed E-state index contributed by atoms with van der Waals surface area (Å²) < 4.78 is 0. The number of aliphatic hydroxyl groups is 1. The predicted molar refractivity (Wildman–Crippen MR) is 39.4 cm³/mol. The lowest BCUT2D eigenvalue weighted by atomic mass is 10.1. The maximum absolute atomic E-state index is 10.6. The highest BCUT2D eigenvalue weighted by Gasteiger charge is 2.04. The van der Waals surface area contributed by atoms with Gasteiger partial charge in [0, 0.05) is 12.6 Å². The Morgan fingerprint density at radius 2 is 2.20 bits per heavy atom. The van der Waals surface area contributed by atoms with E-state index in [9.17, 15) is 4.79 Å². The van der Waals surface area contributed by atoms with E-state index in [4.69, 9.17) is 10.5 Å². The fourth-order valence-electron chi connectivity index (χ4n) is 0.579. The van der Waals surface area contributed by atoms with Gasteiger partial charge in [0.15, 0.2) is 5.78 Å². The third-order valence-corrected chi connectivity index (χ3v) is 1.17. The van der Waals surface area contributed by atoms with Crippen LogP contribution >= 0.6 is 0 Å². The molecule has 0 saturated carbocycles. The average Bonchev–Trinajstić information content (AvgIpc) is 1.88. The van der Waals surface area contributed by atoms with Crippen LogP contribution in [0.1, 0.15) is 20.3 Å². The van der Waals surface area contributed by atoms with E-state index in [2.05, 4.69) is 0 Å². The van der Waals surface area contributed by atoms with Gasteiger partial charge in [-0.05, 0) is 6.92 Å². The number of nitrogens with one attached hydrogen (secondary N) is 1. The molecule has 2 N–H and O–H groups in total. The minimum atomic E-state index is -0.269. The third-order valence-electron chi connectivity index (χ3n) is 1.17. The number of ketones is 1. The first-order chi connectivity index (χ1) is 4.63. The van der Waals surface area contributed by atoms with Crippen molar-refractivity contribution in [2.24, 2.45) is 0 Å². The highest BCUT2D eigenvalue weighted by atomic mass is 16.3. The number of hydrogen-bond donors (Lipinski definition) is 2. The molecule has 0 saturated heterocycles. The van der Waals surface area contributed by atoms with E-state index in [1.165, 1.54) is 6.92 Å². The number of carbonyl (C=O) groups excluding carboxylic acids is 1. The Bertz CT molecular complexity index is 182. The van der Waals surface area contributed by atoms with Gasteiger partial charge < -0.3 is 10.5 Å². The molecule has 3 heteroatoms. The minimum Gasteiger partial charge on any atom is -0.512 e. The quantitative estimate of drug-likeness (QED) is 0.355. The molecule has 0 aromatic heterocycles. The van der Waals surface area contributed by atoms with Gasteiger partial charge in [-0.15, -0.1) is 0 Å². The number of carbonyl (C=O) groups is 1. The summed E-state index contributed by atoms with van der Waals surface area (Å²) in [6.07, 6.45) is 1.27. The molecule has 0 radical (unpaired) electrons. The highest BCUT2D eigenvalue weighted by Crippen LogP contribution is 2.03. The molecule has 56 valence electrons. The van der Waals surface area contributed by atoms with Gasteiger partial charge in [0.05, 0.1) is 5.57 Å². The van der Waals surface area contributed by atoms with Crippen LogP contribution < -0.4 is 0 Å². The molecule has 3 nitrogen and oxygen atoms in total. The Labute approximate surface area is 59.9 Å². The molecule has 0 amide bonds. The van der Waals surface area contributed by atoms with Crippen LogP contribution in [0.15, 0.2) is 11.3 Å². The molecular weight excluding hydrogens is 130 g/mol. The summed E-state index contributed by atoms with van der Waals surface area (Å²) in [5.74, 6) is -0.281.